The fourth-order valence-electron chi connectivity index (χ4n) is 2.55. The van der Waals surface area contributed by atoms with Gasteiger partial charge in [0.25, 0.3) is 0 Å². The lowest BCUT2D eigenvalue weighted by atomic mass is 10.2. The SMILES string of the molecule is Cc1ncc(C)n2nc(C=Cc3ccc4cc(F)ccc4n3)nc12. The number of benzene rings is 1. The first-order chi connectivity index (χ1) is 11.6. The predicted octanol–water partition coefficient (Wildman–Crippen LogP) is 3.60. The van der Waals surface area contributed by atoms with E-state index in [1.807, 2.05) is 38.1 Å². The van der Waals surface area contributed by atoms with Crippen molar-refractivity contribution in [2.24, 2.45) is 0 Å². The summed E-state index contributed by atoms with van der Waals surface area (Å²) < 4.78 is 15.0. The molecule has 4 rings (SSSR count). The molecule has 0 radical (unpaired) electrons. The van der Waals surface area contributed by atoms with Crippen LogP contribution in [0.3, 0.4) is 0 Å². The number of aromatic nitrogens is 5. The summed E-state index contributed by atoms with van der Waals surface area (Å²) in [5.74, 6) is 0.330. The number of nitrogens with zero attached hydrogens (tertiary/aromatic N) is 5. The number of pyridine rings is 1. The van der Waals surface area contributed by atoms with Gasteiger partial charge in [-0.15, -0.1) is 5.10 Å². The molecule has 0 aliphatic carbocycles. The van der Waals surface area contributed by atoms with Crippen LogP contribution in [0, 0.1) is 19.7 Å². The highest BCUT2D eigenvalue weighted by Gasteiger charge is 2.06. The molecule has 0 bridgehead atoms. The van der Waals surface area contributed by atoms with Crippen molar-refractivity contribution >= 4 is 28.7 Å². The molecular weight excluding hydrogens is 305 g/mol. The van der Waals surface area contributed by atoms with Gasteiger partial charge >= 0.3 is 0 Å². The Morgan fingerprint density at radius 1 is 1.04 bits per heavy atom. The second-order valence-electron chi connectivity index (χ2n) is 5.60. The predicted molar refractivity (Wildman–Crippen MR) is 90.9 cm³/mol. The fraction of sp³-hybridized carbons (Fsp3) is 0.111. The number of aryl methyl sites for hydroxylation is 2. The third-order valence-electron chi connectivity index (χ3n) is 3.80. The first-order valence-electron chi connectivity index (χ1n) is 7.53. The van der Waals surface area contributed by atoms with Crippen LogP contribution in [0.1, 0.15) is 22.9 Å². The minimum Gasteiger partial charge on any atom is -0.256 e. The van der Waals surface area contributed by atoms with Gasteiger partial charge in [-0.1, -0.05) is 6.07 Å². The Balaban J connectivity index is 1.71. The largest absolute Gasteiger partial charge is 0.256 e. The second-order valence-corrected chi connectivity index (χ2v) is 5.60. The van der Waals surface area contributed by atoms with Crippen LogP contribution in [0.2, 0.25) is 0 Å². The Kier molecular flexibility index (Phi) is 3.30. The molecule has 0 aliphatic rings. The molecule has 0 unspecified atom stereocenters. The van der Waals surface area contributed by atoms with E-state index in [0.29, 0.717) is 5.82 Å². The van der Waals surface area contributed by atoms with Gasteiger partial charge in [0.2, 0.25) is 0 Å². The Morgan fingerprint density at radius 2 is 1.92 bits per heavy atom. The van der Waals surface area contributed by atoms with Gasteiger partial charge < -0.3 is 0 Å². The van der Waals surface area contributed by atoms with Crippen LogP contribution in [0.4, 0.5) is 4.39 Å². The van der Waals surface area contributed by atoms with Gasteiger partial charge in [0.1, 0.15) is 5.82 Å². The van der Waals surface area contributed by atoms with E-state index in [9.17, 15) is 4.39 Å². The molecule has 5 nitrogen and oxygen atoms in total. The summed E-state index contributed by atoms with van der Waals surface area (Å²) in [6.07, 6.45) is 5.42. The molecule has 1 aromatic carbocycles. The van der Waals surface area contributed by atoms with Crippen LogP contribution in [0.5, 0.6) is 0 Å². The Labute approximate surface area is 137 Å². The van der Waals surface area contributed by atoms with E-state index in [0.717, 1.165) is 33.6 Å². The van der Waals surface area contributed by atoms with Gasteiger partial charge in [0.15, 0.2) is 11.5 Å². The molecule has 3 aromatic heterocycles. The van der Waals surface area contributed by atoms with E-state index in [1.54, 1.807) is 16.8 Å². The minimum atomic E-state index is -0.263. The molecule has 0 amide bonds. The third kappa shape index (κ3) is 2.52. The molecule has 0 saturated heterocycles. The van der Waals surface area contributed by atoms with Gasteiger partial charge in [-0.25, -0.2) is 18.9 Å². The monoisotopic (exact) mass is 319 g/mol. The summed E-state index contributed by atoms with van der Waals surface area (Å²) in [5, 5.41) is 5.24. The minimum absolute atomic E-state index is 0.263. The van der Waals surface area contributed by atoms with Crippen molar-refractivity contribution in [3.63, 3.8) is 0 Å². The lowest BCUT2D eigenvalue weighted by Gasteiger charge is -1.98. The summed E-state index contributed by atoms with van der Waals surface area (Å²) in [7, 11) is 0. The molecule has 0 fully saturated rings. The van der Waals surface area contributed by atoms with Crippen molar-refractivity contribution in [1.29, 1.82) is 0 Å². The van der Waals surface area contributed by atoms with E-state index >= 15 is 0 Å². The Hall–Kier alpha value is -3.15. The topological polar surface area (TPSA) is 56.0 Å². The van der Waals surface area contributed by atoms with Crippen LogP contribution in [0.25, 0.3) is 28.7 Å². The van der Waals surface area contributed by atoms with Crippen molar-refractivity contribution in [3.8, 4) is 0 Å². The zero-order valence-electron chi connectivity index (χ0n) is 13.2. The van der Waals surface area contributed by atoms with Crippen LogP contribution in [0.15, 0.2) is 36.5 Å². The summed E-state index contributed by atoms with van der Waals surface area (Å²) >= 11 is 0. The normalized spacial score (nSPS) is 11.8. The summed E-state index contributed by atoms with van der Waals surface area (Å²) in [4.78, 5) is 13.3. The van der Waals surface area contributed by atoms with Crippen molar-refractivity contribution in [3.05, 3.63) is 65.3 Å². The van der Waals surface area contributed by atoms with Crippen molar-refractivity contribution < 1.29 is 4.39 Å². The maximum absolute atomic E-state index is 13.2. The van der Waals surface area contributed by atoms with Gasteiger partial charge in [0.05, 0.1) is 22.6 Å². The van der Waals surface area contributed by atoms with E-state index in [2.05, 4.69) is 20.1 Å². The molecule has 118 valence electrons. The zero-order chi connectivity index (χ0) is 16.7. The summed E-state index contributed by atoms with van der Waals surface area (Å²) in [5.41, 5.74) is 4.01. The van der Waals surface area contributed by atoms with E-state index in [4.69, 9.17) is 0 Å². The lowest BCUT2D eigenvalue weighted by Crippen LogP contribution is -1.97. The maximum atomic E-state index is 13.2. The fourth-order valence-corrected chi connectivity index (χ4v) is 2.55. The Morgan fingerprint density at radius 3 is 2.75 bits per heavy atom. The number of hydrogen-bond donors (Lipinski definition) is 0. The zero-order valence-corrected chi connectivity index (χ0v) is 13.2. The van der Waals surface area contributed by atoms with E-state index in [-0.39, 0.29) is 5.82 Å². The number of rotatable bonds is 2. The van der Waals surface area contributed by atoms with Gasteiger partial charge in [0, 0.05) is 11.6 Å². The number of halogens is 1. The molecule has 0 N–H and O–H groups in total. The summed E-state index contributed by atoms with van der Waals surface area (Å²) in [6.45, 7) is 3.84. The van der Waals surface area contributed by atoms with E-state index in [1.165, 1.54) is 12.1 Å². The maximum Gasteiger partial charge on any atom is 0.177 e. The molecule has 6 heteroatoms. The first-order valence-corrected chi connectivity index (χ1v) is 7.53. The first kappa shape index (κ1) is 14.4. The van der Waals surface area contributed by atoms with Gasteiger partial charge in [-0.3, -0.25) is 4.98 Å². The number of hydrogen-bond acceptors (Lipinski definition) is 4. The summed E-state index contributed by atoms with van der Waals surface area (Å²) in [6, 6.07) is 8.24. The molecule has 0 atom stereocenters. The highest BCUT2D eigenvalue weighted by atomic mass is 19.1. The Bertz CT molecular complexity index is 1060. The third-order valence-corrected chi connectivity index (χ3v) is 3.80. The molecule has 4 aromatic rings. The molecule has 0 spiro atoms. The van der Waals surface area contributed by atoms with Crippen molar-refractivity contribution in [2.75, 3.05) is 0 Å². The molecule has 0 saturated carbocycles. The van der Waals surface area contributed by atoms with Crippen LogP contribution in [-0.4, -0.2) is 24.6 Å². The highest BCUT2D eigenvalue weighted by molar-refractivity contribution is 5.80. The quantitative estimate of drug-likeness (QED) is 0.566. The van der Waals surface area contributed by atoms with Gasteiger partial charge in [-0.05, 0) is 50.3 Å². The van der Waals surface area contributed by atoms with E-state index < -0.39 is 0 Å². The molecular formula is C18H14FN5. The molecule has 24 heavy (non-hydrogen) atoms. The molecule has 3 heterocycles. The van der Waals surface area contributed by atoms with Crippen LogP contribution in [-0.2, 0) is 0 Å². The molecule has 0 aliphatic heterocycles. The standard InChI is InChI=1S/C18H14FN5/c1-11-10-20-12(2)18-22-17(23-24(11)18)8-6-15-5-3-13-9-14(19)4-7-16(13)21-15/h3-10H,1-2H3. The average molecular weight is 319 g/mol. The van der Waals surface area contributed by atoms with Crippen molar-refractivity contribution in [1.82, 2.24) is 24.6 Å². The average Bonchev–Trinajstić information content (AvgIpc) is 3.02. The van der Waals surface area contributed by atoms with Crippen LogP contribution < -0.4 is 0 Å². The lowest BCUT2D eigenvalue weighted by molar-refractivity contribution is 0.629. The van der Waals surface area contributed by atoms with Crippen LogP contribution >= 0.6 is 0 Å². The smallest absolute Gasteiger partial charge is 0.177 e. The van der Waals surface area contributed by atoms with Crippen molar-refractivity contribution in [2.45, 2.75) is 13.8 Å². The highest BCUT2D eigenvalue weighted by Crippen LogP contribution is 2.16. The second kappa shape index (κ2) is 5.49. The van der Waals surface area contributed by atoms with Gasteiger partial charge in [-0.2, -0.15) is 0 Å². The number of fused-ring (bicyclic) bond motifs is 2.